The molecule has 2 saturated carbocycles. The van der Waals surface area contributed by atoms with Crippen LogP contribution in [0, 0.1) is 11.8 Å². The number of nitrogens with zero attached hydrogens (tertiary/aromatic N) is 1. The van der Waals surface area contributed by atoms with Crippen LogP contribution in [0.15, 0.2) is 17.5 Å². The van der Waals surface area contributed by atoms with Gasteiger partial charge in [-0.1, -0.05) is 6.07 Å². The molecule has 1 aromatic heterocycles. The Morgan fingerprint density at radius 3 is 2.33 bits per heavy atom. The molecule has 98 valence electrons. The van der Waals surface area contributed by atoms with Crippen LogP contribution in [0.25, 0.3) is 0 Å². The van der Waals surface area contributed by atoms with Crippen molar-refractivity contribution in [3.8, 4) is 0 Å². The van der Waals surface area contributed by atoms with E-state index in [1.165, 1.54) is 37.0 Å². The van der Waals surface area contributed by atoms with Crippen molar-refractivity contribution in [3.05, 3.63) is 22.4 Å². The van der Waals surface area contributed by atoms with Gasteiger partial charge in [0.15, 0.2) is 0 Å². The Labute approximate surface area is 113 Å². The molecule has 1 unspecified atom stereocenters. The number of nitrogens with two attached hydrogens (primary N) is 1. The van der Waals surface area contributed by atoms with Gasteiger partial charge in [0.1, 0.15) is 0 Å². The summed E-state index contributed by atoms with van der Waals surface area (Å²) in [5.74, 6) is 2.07. The molecule has 2 N–H and O–H groups in total. The molecule has 2 aliphatic heterocycles. The lowest BCUT2D eigenvalue weighted by Gasteiger charge is -2.58. The number of hydrogen-bond acceptors (Lipinski definition) is 3. The van der Waals surface area contributed by atoms with Gasteiger partial charge < -0.3 is 5.73 Å². The summed E-state index contributed by atoms with van der Waals surface area (Å²) in [6.45, 7) is 0.781. The molecule has 0 aromatic carbocycles. The normalized spacial score (nSPS) is 40.3. The van der Waals surface area contributed by atoms with E-state index < -0.39 is 0 Å². The summed E-state index contributed by atoms with van der Waals surface area (Å²) in [7, 11) is 0. The lowest BCUT2D eigenvalue weighted by molar-refractivity contribution is -0.0807. The van der Waals surface area contributed by atoms with Crippen molar-refractivity contribution in [3.63, 3.8) is 0 Å². The van der Waals surface area contributed by atoms with Crippen molar-refractivity contribution >= 4 is 11.3 Å². The highest BCUT2D eigenvalue weighted by molar-refractivity contribution is 7.10. The molecule has 18 heavy (non-hydrogen) atoms. The van der Waals surface area contributed by atoms with Crippen molar-refractivity contribution in [2.45, 2.75) is 50.2 Å². The van der Waals surface area contributed by atoms with Crippen LogP contribution < -0.4 is 5.73 Å². The van der Waals surface area contributed by atoms with Gasteiger partial charge >= 0.3 is 0 Å². The number of rotatable bonds is 3. The fraction of sp³-hybridized carbons (Fsp3) is 0.733. The summed E-state index contributed by atoms with van der Waals surface area (Å²) in [6.07, 6.45) is 7.28. The zero-order valence-electron chi connectivity index (χ0n) is 10.8. The van der Waals surface area contributed by atoms with Crippen LogP contribution in [-0.2, 0) is 0 Å². The Balaban J connectivity index is 1.64. The molecule has 1 aromatic rings. The molecule has 0 spiro atoms. The summed E-state index contributed by atoms with van der Waals surface area (Å²) in [6, 6.07) is 6.58. The van der Waals surface area contributed by atoms with Gasteiger partial charge in [0.25, 0.3) is 0 Å². The minimum Gasteiger partial charge on any atom is -0.329 e. The Kier molecular flexibility index (Phi) is 2.75. The average molecular weight is 262 g/mol. The number of hydrogen-bond donors (Lipinski definition) is 1. The van der Waals surface area contributed by atoms with Gasteiger partial charge in [-0.2, -0.15) is 0 Å². The highest BCUT2D eigenvalue weighted by Gasteiger charge is 2.48. The molecule has 2 saturated heterocycles. The molecule has 2 nitrogen and oxygen atoms in total. The molecule has 0 radical (unpaired) electrons. The van der Waals surface area contributed by atoms with Crippen molar-refractivity contribution in [1.29, 1.82) is 0 Å². The maximum atomic E-state index is 6.11. The Hall–Kier alpha value is -0.380. The number of thiophene rings is 1. The van der Waals surface area contributed by atoms with Gasteiger partial charge in [-0.3, -0.25) is 4.90 Å². The van der Waals surface area contributed by atoms with Gasteiger partial charge in [0.05, 0.1) is 6.04 Å². The van der Waals surface area contributed by atoms with Crippen LogP contribution >= 0.6 is 11.3 Å². The fourth-order valence-electron chi connectivity index (χ4n) is 4.94. The zero-order chi connectivity index (χ0) is 12.1. The highest BCUT2D eigenvalue weighted by atomic mass is 32.1. The second kappa shape index (κ2) is 4.32. The second-order valence-electron chi connectivity index (χ2n) is 6.43. The van der Waals surface area contributed by atoms with E-state index in [0.29, 0.717) is 6.04 Å². The van der Waals surface area contributed by atoms with Gasteiger partial charge in [0.2, 0.25) is 0 Å². The molecule has 4 fully saturated rings. The molecular weight excluding hydrogens is 240 g/mol. The second-order valence-corrected chi connectivity index (χ2v) is 7.41. The van der Waals surface area contributed by atoms with Crippen LogP contribution in [0.5, 0.6) is 0 Å². The van der Waals surface area contributed by atoms with E-state index in [0.717, 1.165) is 30.5 Å². The molecular formula is C15H22N2S. The Bertz CT molecular complexity index is 386. The van der Waals surface area contributed by atoms with E-state index in [1.54, 1.807) is 0 Å². The van der Waals surface area contributed by atoms with Crippen LogP contribution in [0.2, 0.25) is 0 Å². The van der Waals surface area contributed by atoms with Crippen molar-refractivity contribution < 1.29 is 0 Å². The monoisotopic (exact) mass is 262 g/mol. The van der Waals surface area contributed by atoms with Crippen LogP contribution in [0.1, 0.15) is 43.0 Å². The van der Waals surface area contributed by atoms with Crippen LogP contribution in [0.3, 0.4) is 0 Å². The predicted octanol–water partition coefficient (Wildman–Crippen LogP) is 3.01. The SMILES string of the molecule is NCC(c1cccs1)N1C2CC3CC(C2)CC1C3. The fourth-order valence-corrected chi connectivity index (χ4v) is 5.79. The first-order valence-corrected chi connectivity index (χ1v) is 8.24. The first-order valence-electron chi connectivity index (χ1n) is 7.36. The molecule has 5 rings (SSSR count). The molecule has 4 bridgehead atoms. The molecule has 3 heterocycles. The van der Waals surface area contributed by atoms with Crippen molar-refractivity contribution in [1.82, 2.24) is 4.90 Å². The first-order chi connectivity index (χ1) is 8.85. The molecule has 4 aliphatic rings. The third-order valence-corrected chi connectivity index (χ3v) is 6.36. The van der Waals surface area contributed by atoms with E-state index in [-0.39, 0.29) is 0 Å². The molecule has 1 atom stereocenters. The maximum Gasteiger partial charge on any atom is 0.0569 e. The minimum absolute atomic E-state index is 0.486. The van der Waals surface area contributed by atoms with Crippen LogP contribution in [0.4, 0.5) is 0 Å². The molecule has 3 heteroatoms. The third kappa shape index (κ3) is 1.68. The first kappa shape index (κ1) is 11.4. The van der Waals surface area contributed by atoms with E-state index in [9.17, 15) is 0 Å². The van der Waals surface area contributed by atoms with E-state index in [4.69, 9.17) is 5.73 Å². The van der Waals surface area contributed by atoms with E-state index in [2.05, 4.69) is 22.4 Å². The summed E-state index contributed by atoms with van der Waals surface area (Å²) in [4.78, 5) is 4.28. The topological polar surface area (TPSA) is 29.3 Å². The lowest BCUT2D eigenvalue weighted by Crippen LogP contribution is -2.59. The zero-order valence-corrected chi connectivity index (χ0v) is 11.6. The molecule has 0 amide bonds. The summed E-state index contributed by atoms with van der Waals surface area (Å²) in [5.41, 5.74) is 6.11. The standard InChI is InChI=1S/C15H22N2S/c16-9-14(15-2-1-3-18-15)17-12-5-10-4-11(7-12)8-13(17)6-10/h1-3,10-14H,4-9,16H2. The van der Waals surface area contributed by atoms with Crippen molar-refractivity contribution in [2.24, 2.45) is 17.6 Å². The summed E-state index contributed by atoms with van der Waals surface area (Å²) in [5, 5.41) is 2.19. The van der Waals surface area contributed by atoms with E-state index >= 15 is 0 Å². The van der Waals surface area contributed by atoms with Gasteiger partial charge in [0, 0.05) is 23.5 Å². The average Bonchev–Trinajstić information content (AvgIpc) is 2.86. The number of piperidine rings is 2. The Morgan fingerprint density at radius 1 is 1.17 bits per heavy atom. The van der Waals surface area contributed by atoms with E-state index in [1.807, 2.05) is 11.3 Å². The quantitative estimate of drug-likeness (QED) is 0.907. The lowest BCUT2D eigenvalue weighted by atomic mass is 9.63. The van der Waals surface area contributed by atoms with Gasteiger partial charge in [-0.25, -0.2) is 0 Å². The highest BCUT2D eigenvalue weighted by Crippen LogP contribution is 2.51. The van der Waals surface area contributed by atoms with Gasteiger partial charge in [-0.05, 0) is 55.4 Å². The predicted molar refractivity (Wildman–Crippen MR) is 75.6 cm³/mol. The minimum atomic E-state index is 0.486. The van der Waals surface area contributed by atoms with Gasteiger partial charge in [-0.15, -0.1) is 11.3 Å². The third-order valence-electron chi connectivity index (χ3n) is 5.39. The smallest absolute Gasteiger partial charge is 0.0569 e. The van der Waals surface area contributed by atoms with Crippen molar-refractivity contribution in [2.75, 3.05) is 6.54 Å². The van der Waals surface area contributed by atoms with Crippen LogP contribution in [-0.4, -0.2) is 23.5 Å². The maximum absolute atomic E-state index is 6.11. The summed E-state index contributed by atoms with van der Waals surface area (Å²) >= 11 is 1.88. The molecule has 2 aliphatic carbocycles. The largest absolute Gasteiger partial charge is 0.329 e. The Morgan fingerprint density at radius 2 is 1.83 bits per heavy atom. The summed E-state index contributed by atoms with van der Waals surface area (Å²) < 4.78 is 0.